The molecule has 1 aromatic heterocycles. The Morgan fingerprint density at radius 3 is 2.77 bits per heavy atom. The van der Waals surface area contributed by atoms with Crippen LogP contribution in [0.3, 0.4) is 0 Å². The maximum atomic E-state index is 12.0. The van der Waals surface area contributed by atoms with Crippen LogP contribution in [0.2, 0.25) is 0 Å². The summed E-state index contributed by atoms with van der Waals surface area (Å²) < 4.78 is 15.3. The maximum absolute atomic E-state index is 12.0. The van der Waals surface area contributed by atoms with Crippen molar-refractivity contribution in [2.75, 3.05) is 20.8 Å². The van der Waals surface area contributed by atoms with Gasteiger partial charge in [-0.1, -0.05) is 0 Å². The molecule has 0 aliphatic heterocycles. The molecule has 7 nitrogen and oxygen atoms in total. The lowest BCUT2D eigenvalue weighted by Crippen LogP contribution is -2.44. The van der Waals surface area contributed by atoms with Gasteiger partial charge >= 0.3 is 5.97 Å². The Morgan fingerprint density at radius 2 is 2.14 bits per heavy atom. The molecule has 0 spiro atoms. The molecule has 1 aromatic carbocycles. The Balaban J connectivity index is 2.10. The highest BCUT2D eigenvalue weighted by atomic mass is 16.5. The highest BCUT2D eigenvalue weighted by Gasteiger charge is 2.20. The van der Waals surface area contributed by atoms with Gasteiger partial charge in [0.2, 0.25) is 5.91 Å². The number of methoxy groups -OCH3 is 2. The minimum absolute atomic E-state index is 0.0207. The number of ether oxygens (including phenoxy) is 2. The van der Waals surface area contributed by atoms with Crippen molar-refractivity contribution < 1.29 is 28.6 Å². The summed E-state index contributed by atoms with van der Waals surface area (Å²) in [6, 6.07) is 4.21. The van der Waals surface area contributed by atoms with Gasteiger partial charge in [-0.2, -0.15) is 0 Å². The van der Waals surface area contributed by atoms with Crippen molar-refractivity contribution in [2.24, 2.45) is 0 Å². The van der Waals surface area contributed by atoms with E-state index in [0.29, 0.717) is 16.9 Å². The number of rotatable bonds is 7. The Kier molecular flexibility index (Phi) is 5.00. The summed E-state index contributed by atoms with van der Waals surface area (Å²) in [5.74, 6) is -0.899. The van der Waals surface area contributed by atoms with E-state index in [1.54, 1.807) is 25.3 Å². The van der Waals surface area contributed by atoms with E-state index in [1.165, 1.54) is 13.4 Å². The van der Waals surface area contributed by atoms with Crippen LogP contribution in [-0.4, -0.2) is 43.9 Å². The minimum atomic E-state index is -1.14. The fourth-order valence-electron chi connectivity index (χ4n) is 2.09. The summed E-state index contributed by atoms with van der Waals surface area (Å²) >= 11 is 0. The zero-order valence-corrected chi connectivity index (χ0v) is 12.3. The lowest BCUT2D eigenvalue weighted by molar-refractivity contribution is -0.143. The molecule has 0 bridgehead atoms. The van der Waals surface area contributed by atoms with Crippen LogP contribution in [0.15, 0.2) is 28.9 Å². The zero-order valence-electron chi connectivity index (χ0n) is 12.3. The van der Waals surface area contributed by atoms with E-state index in [9.17, 15) is 9.59 Å². The summed E-state index contributed by atoms with van der Waals surface area (Å²) in [5.41, 5.74) is 1.28. The van der Waals surface area contributed by atoms with Gasteiger partial charge in [0, 0.05) is 24.1 Å². The van der Waals surface area contributed by atoms with Crippen molar-refractivity contribution in [3.8, 4) is 5.75 Å². The molecule has 2 rings (SSSR count). The number of furan rings is 1. The molecular formula is C15H17NO6. The molecule has 0 saturated carbocycles. The third-order valence-electron chi connectivity index (χ3n) is 3.18. The van der Waals surface area contributed by atoms with Gasteiger partial charge in [0.25, 0.3) is 0 Å². The van der Waals surface area contributed by atoms with Gasteiger partial charge in [0.1, 0.15) is 11.3 Å². The topological polar surface area (TPSA) is 98.0 Å². The number of hydrogen-bond acceptors (Lipinski definition) is 5. The van der Waals surface area contributed by atoms with E-state index in [1.807, 2.05) is 0 Å². The fourth-order valence-corrected chi connectivity index (χ4v) is 2.09. The summed E-state index contributed by atoms with van der Waals surface area (Å²) in [5, 5.41) is 12.2. The SMILES string of the molecule is COCC(NC(=O)Cc1coc2cc(OC)ccc12)C(=O)O. The van der Waals surface area contributed by atoms with Crippen molar-refractivity contribution >= 4 is 22.8 Å². The van der Waals surface area contributed by atoms with Crippen LogP contribution in [0.5, 0.6) is 5.75 Å². The first-order chi connectivity index (χ1) is 10.5. The van der Waals surface area contributed by atoms with Gasteiger partial charge in [0.15, 0.2) is 6.04 Å². The lowest BCUT2D eigenvalue weighted by Gasteiger charge is -2.13. The normalized spacial score (nSPS) is 12.1. The highest BCUT2D eigenvalue weighted by molar-refractivity contribution is 5.90. The van der Waals surface area contributed by atoms with Crippen LogP contribution < -0.4 is 10.1 Å². The molecule has 1 atom stereocenters. The Bertz CT molecular complexity index is 678. The number of carbonyl (C=O) groups excluding carboxylic acids is 1. The van der Waals surface area contributed by atoms with Crippen molar-refractivity contribution in [3.63, 3.8) is 0 Å². The molecule has 0 saturated heterocycles. The van der Waals surface area contributed by atoms with E-state index in [-0.39, 0.29) is 13.0 Å². The van der Waals surface area contributed by atoms with Crippen molar-refractivity contribution in [2.45, 2.75) is 12.5 Å². The number of amides is 1. The Hall–Kier alpha value is -2.54. The van der Waals surface area contributed by atoms with Gasteiger partial charge in [0.05, 0.1) is 26.4 Å². The second kappa shape index (κ2) is 6.95. The second-order valence-electron chi connectivity index (χ2n) is 4.71. The van der Waals surface area contributed by atoms with E-state index in [4.69, 9.17) is 19.0 Å². The molecule has 0 aliphatic carbocycles. The maximum Gasteiger partial charge on any atom is 0.328 e. The third-order valence-corrected chi connectivity index (χ3v) is 3.18. The van der Waals surface area contributed by atoms with E-state index in [0.717, 1.165) is 5.39 Å². The molecule has 0 aliphatic rings. The van der Waals surface area contributed by atoms with E-state index >= 15 is 0 Å². The Morgan fingerprint density at radius 1 is 1.36 bits per heavy atom. The Labute approximate surface area is 126 Å². The number of carboxylic acid groups (broad SMARTS) is 1. The van der Waals surface area contributed by atoms with Crippen molar-refractivity contribution in [3.05, 3.63) is 30.0 Å². The van der Waals surface area contributed by atoms with Crippen molar-refractivity contribution in [1.29, 1.82) is 0 Å². The number of carboxylic acids is 1. The summed E-state index contributed by atoms with van der Waals surface area (Å²) in [6.45, 7) is -0.0929. The van der Waals surface area contributed by atoms with Gasteiger partial charge in [-0.3, -0.25) is 4.79 Å². The predicted octanol–water partition coefficient (Wildman–Crippen LogP) is 1.20. The molecule has 7 heteroatoms. The van der Waals surface area contributed by atoms with Crippen LogP contribution >= 0.6 is 0 Å². The molecule has 1 amide bonds. The van der Waals surface area contributed by atoms with Gasteiger partial charge in [-0.05, 0) is 12.1 Å². The molecule has 22 heavy (non-hydrogen) atoms. The number of fused-ring (bicyclic) bond motifs is 1. The quantitative estimate of drug-likeness (QED) is 0.797. The first-order valence-corrected chi connectivity index (χ1v) is 6.60. The minimum Gasteiger partial charge on any atom is -0.497 e. The average Bonchev–Trinajstić information content (AvgIpc) is 2.88. The van der Waals surface area contributed by atoms with E-state index in [2.05, 4.69) is 5.32 Å². The number of hydrogen-bond donors (Lipinski definition) is 2. The predicted molar refractivity (Wildman–Crippen MR) is 77.9 cm³/mol. The van der Waals surface area contributed by atoms with Crippen molar-refractivity contribution in [1.82, 2.24) is 5.32 Å². The first kappa shape index (κ1) is 15.8. The molecule has 1 heterocycles. The average molecular weight is 307 g/mol. The monoisotopic (exact) mass is 307 g/mol. The van der Waals surface area contributed by atoms with Crippen LogP contribution in [0.1, 0.15) is 5.56 Å². The second-order valence-corrected chi connectivity index (χ2v) is 4.71. The van der Waals surface area contributed by atoms with Crippen LogP contribution in [-0.2, 0) is 20.7 Å². The lowest BCUT2D eigenvalue weighted by atomic mass is 10.1. The standard InChI is InChI=1S/C15H17NO6/c1-20-8-12(15(18)19)16-14(17)5-9-7-22-13-6-10(21-2)3-4-11(9)13/h3-4,6-7,12H,5,8H2,1-2H3,(H,16,17)(H,18,19). The fraction of sp³-hybridized carbons (Fsp3) is 0.333. The number of benzene rings is 1. The summed E-state index contributed by atoms with van der Waals surface area (Å²) in [4.78, 5) is 23.0. The third kappa shape index (κ3) is 3.56. The number of nitrogens with one attached hydrogen (secondary N) is 1. The molecular weight excluding hydrogens is 290 g/mol. The molecule has 2 aromatic rings. The van der Waals surface area contributed by atoms with E-state index < -0.39 is 17.9 Å². The van der Waals surface area contributed by atoms with Crippen LogP contribution in [0.25, 0.3) is 11.0 Å². The summed E-state index contributed by atoms with van der Waals surface area (Å²) in [7, 11) is 2.93. The number of aliphatic carboxylic acids is 1. The van der Waals surface area contributed by atoms with Gasteiger partial charge < -0.3 is 24.3 Å². The first-order valence-electron chi connectivity index (χ1n) is 6.60. The smallest absolute Gasteiger partial charge is 0.328 e. The largest absolute Gasteiger partial charge is 0.497 e. The molecule has 0 radical (unpaired) electrons. The molecule has 118 valence electrons. The summed E-state index contributed by atoms with van der Waals surface area (Å²) in [6.07, 6.45) is 1.50. The molecule has 1 unspecified atom stereocenters. The van der Waals surface area contributed by atoms with Gasteiger partial charge in [-0.25, -0.2) is 4.79 Å². The molecule has 0 fully saturated rings. The van der Waals surface area contributed by atoms with Crippen LogP contribution in [0, 0.1) is 0 Å². The number of carbonyl (C=O) groups is 2. The zero-order chi connectivity index (χ0) is 16.1. The van der Waals surface area contributed by atoms with Crippen LogP contribution in [0.4, 0.5) is 0 Å². The highest BCUT2D eigenvalue weighted by Crippen LogP contribution is 2.25. The van der Waals surface area contributed by atoms with Gasteiger partial charge in [-0.15, -0.1) is 0 Å². The molecule has 2 N–H and O–H groups in total.